The molecule has 0 heterocycles. The van der Waals surface area contributed by atoms with Crippen LogP contribution in [0, 0.1) is 3.57 Å². The highest BCUT2D eigenvalue weighted by Gasteiger charge is 1.98. The predicted molar refractivity (Wildman–Crippen MR) is 63.3 cm³/mol. The van der Waals surface area contributed by atoms with E-state index in [1.165, 1.54) is 0 Å². The molecule has 0 aliphatic rings. The van der Waals surface area contributed by atoms with E-state index in [9.17, 15) is 4.79 Å². The number of benzene rings is 1. The Hall–Kier alpha value is -0.780. The lowest BCUT2D eigenvalue weighted by atomic mass is 10.3. The summed E-state index contributed by atoms with van der Waals surface area (Å²) in [7, 11) is 1.62. The number of hydrogen-bond donors (Lipinski definition) is 1. The van der Waals surface area contributed by atoms with E-state index < -0.39 is 0 Å². The van der Waals surface area contributed by atoms with Crippen LogP contribution in [-0.4, -0.2) is 19.6 Å². The molecule has 1 aromatic rings. The molecule has 0 spiro atoms. The molecule has 0 aliphatic carbocycles. The van der Waals surface area contributed by atoms with Gasteiger partial charge in [-0.05, 0) is 40.8 Å². The molecule has 0 radical (unpaired) electrons. The maximum Gasteiger partial charge on any atom is 0.223 e. The van der Waals surface area contributed by atoms with Crippen molar-refractivity contribution in [2.75, 3.05) is 13.7 Å². The lowest BCUT2D eigenvalue weighted by Crippen LogP contribution is -2.20. The lowest BCUT2D eigenvalue weighted by Gasteiger charge is -2.05. The summed E-state index contributed by atoms with van der Waals surface area (Å²) in [6.45, 7) is 0.416. The summed E-state index contributed by atoms with van der Waals surface area (Å²) in [5.41, 5.74) is 0. The van der Waals surface area contributed by atoms with Gasteiger partial charge in [0.25, 0.3) is 0 Å². The number of nitrogens with one attached hydrogen (secondary N) is 1. The maximum atomic E-state index is 10.9. The number of halogens is 1. The number of ether oxygens (including phenoxy) is 1. The minimum atomic E-state index is -0.00405. The van der Waals surface area contributed by atoms with Gasteiger partial charge < -0.3 is 10.1 Å². The van der Waals surface area contributed by atoms with E-state index in [0.29, 0.717) is 13.0 Å². The first-order valence-corrected chi connectivity index (χ1v) is 5.39. The second-order valence-corrected chi connectivity index (χ2v) is 3.97. The van der Waals surface area contributed by atoms with Crippen LogP contribution < -0.4 is 10.1 Å². The van der Waals surface area contributed by atoms with Gasteiger partial charge in [0.2, 0.25) is 5.91 Å². The first-order valence-electron chi connectivity index (χ1n) is 4.31. The van der Waals surface area contributed by atoms with E-state index in [2.05, 4.69) is 27.9 Å². The van der Waals surface area contributed by atoms with Crippen LogP contribution in [0.5, 0.6) is 5.75 Å². The Balaban J connectivity index is 2.35. The highest BCUT2D eigenvalue weighted by molar-refractivity contribution is 14.1. The summed E-state index contributed by atoms with van der Waals surface area (Å²) in [4.78, 5) is 10.9. The Morgan fingerprint density at radius 3 is 3.00 bits per heavy atom. The molecule has 0 aliphatic heterocycles. The summed E-state index contributed by atoms with van der Waals surface area (Å²) in [5, 5.41) is 2.54. The Kier molecular flexibility index (Phi) is 4.72. The van der Waals surface area contributed by atoms with Crippen molar-refractivity contribution >= 4 is 28.5 Å². The molecule has 3 nitrogen and oxygen atoms in total. The first-order chi connectivity index (χ1) is 6.72. The summed E-state index contributed by atoms with van der Waals surface area (Å²) in [6, 6.07) is 7.74. The van der Waals surface area contributed by atoms with Gasteiger partial charge in [-0.25, -0.2) is 0 Å². The molecule has 0 saturated carbocycles. The fraction of sp³-hybridized carbons (Fsp3) is 0.300. The Morgan fingerprint density at radius 2 is 2.36 bits per heavy atom. The van der Waals surface area contributed by atoms with Gasteiger partial charge >= 0.3 is 0 Å². The average molecular weight is 305 g/mol. The smallest absolute Gasteiger partial charge is 0.223 e. The van der Waals surface area contributed by atoms with Crippen LogP contribution in [0.2, 0.25) is 0 Å². The molecule has 76 valence electrons. The average Bonchev–Trinajstić information content (AvgIpc) is 2.17. The third-order valence-corrected chi connectivity index (χ3v) is 2.34. The Labute approximate surface area is 97.0 Å². The molecular formula is C10H12INO2. The van der Waals surface area contributed by atoms with Crippen molar-refractivity contribution in [2.24, 2.45) is 0 Å². The molecule has 1 aromatic carbocycles. The van der Waals surface area contributed by atoms with Gasteiger partial charge in [-0.1, -0.05) is 6.07 Å². The Bertz CT molecular complexity index is 315. The van der Waals surface area contributed by atoms with Crippen molar-refractivity contribution in [1.82, 2.24) is 5.32 Å². The standard InChI is InChI=1S/C10H12INO2/c1-12-10(13)5-6-14-9-4-2-3-8(11)7-9/h2-4,7H,5-6H2,1H3,(H,12,13). The molecule has 0 atom stereocenters. The summed E-state index contributed by atoms with van der Waals surface area (Å²) < 4.78 is 6.52. The van der Waals surface area contributed by atoms with Crippen LogP contribution in [0.4, 0.5) is 0 Å². The molecule has 1 rings (SSSR count). The molecule has 4 heteroatoms. The van der Waals surface area contributed by atoms with Gasteiger partial charge in [0.05, 0.1) is 13.0 Å². The number of amides is 1. The van der Waals surface area contributed by atoms with Gasteiger partial charge in [-0.3, -0.25) is 4.79 Å². The van der Waals surface area contributed by atoms with E-state index in [0.717, 1.165) is 9.32 Å². The van der Waals surface area contributed by atoms with Crippen LogP contribution in [0.15, 0.2) is 24.3 Å². The normalized spacial score (nSPS) is 9.57. The molecule has 0 saturated heterocycles. The minimum absolute atomic E-state index is 0.00405. The molecule has 0 bridgehead atoms. The third-order valence-electron chi connectivity index (χ3n) is 1.67. The molecule has 0 unspecified atom stereocenters. The van der Waals surface area contributed by atoms with E-state index >= 15 is 0 Å². The quantitative estimate of drug-likeness (QED) is 0.862. The molecule has 0 aromatic heterocycles. The molecule has 1 amide bonds. The second kappa shape index (κ2) is 5.85. The van der Waals surface area contributed by atoms with E-state index in [-0.39, 0.29) is 5.91 Å². The third kappa shape index (κ3) is 3.95. The topological polar surface area (TPSA) is 38.3 Å². The minimum Gasteiger partial charge on any atom is -0.493 e. The zero-order valence-electron chi connectivity index (χ0n) is 7.92. The molecular weight excluding hydrogens is 293 g/mol. The van der Waals surface area contributed by atoms with Gasteiger partial charge in [-0.2, -0.15) is 0 Å². The zero-order valence-corrected chi connectivity index (χ0v) is 10.1. The van der Waals surface area contributed by atoms with E-state index in [1.54, 1.807) is 7.05 Å². The van der Waals surface area contributed by atoms with Crippen molar-refractivity contribution in [3.63, 3.8) is 0 Å². The fourth-order valence-electron chi connectivity index (χ4n) is 0.943. The van der Waals surface area contributed by atoms with E-state index in [4.69, 9.17) is 4.74 Å². The summed E-state index contributed by atoms with van der Waals surface area (Å²) in [5.74, 6) is 0.802. The van der Waals surface area contributed by atoms with Crippen molar-refractivity contribution in [2.45, 2.75) is 6.42 Å². The van der Waals surface area contributed by atoms with Crippen molar-refractivity contribution < 1.29 is 9.53 Å². The van der Waals surface area contributed by atoms with Crippen LogP contribution >= 0.6 is 22.6 Å². The Morgan fingerprint density at radius 1 is 1.57 bits per heavy atom. The van der Waals surface area contributed by atoms with Gasteiger partial charge in [-0.15, -0.1) is 0 Å². The molecule has 14 heavy (non-hydrogen) atoms. The van der Waals surface area contributed by atoms with Crippen molar-refractivity contribution in [1.29, 1.82) is 0 Å². The molecule has 1 N–H and O–H groups in total. The largest absolute Gasteiger partial charge is 0.493 e. The summed E-state index contributed by atoms with van der Waals surface area (Å²) in [6.07, 6.45) is 0.391. The fourth-order valence-corrected chi connectivity index (χ4v) is 1.46. The second-order valence-electron chi connectivity index (χ2n) is 2.73. The first kappa shape index (κ1) is 11.3. The maximum absolute atomic E-state index is 10.9. The summed E-state index contributed by atoms with van der Waals surface area (Å²) >= 11 is 2.22. The zero-order chi connectivity index (χ0) is 10.4. The highest BCUT2D eigenvalue weighted by Crippen LogP contribution is 2.14. The lowest BCUT2D eigenvalue weighted by molar-refractivity contribution is -0.121. The van der Waals surface area contributed by atoms with Gasteiger partial charge in [0.1, 0.15) is 5.75 Å². The van der Waals surface area contributed by atoms with E-state index in [1.807, 2.05) is 24.3 Å². The predicted octanol–water partition coefficient (Wildman–Crippen LogP) is 1.81. The van der Waals surface area contributed by atoms with Crippen LogP contribution in [0.1, 0.15) is 6.42 Å². The van der Waals surface area contributed by atoms with Gasteiger partial charge in [0, 0.05) is 10.6 Å². The van der Waals surface area contributed by atoms with Crippen molar-refractivity contribution in [3.05, 3.63) is 27.8 Å². The van der Waals surface area contributed by atoms with Crippen molar-refractivity contribution in [3.8, 4) is 5.75 Å². The highest BCUT2D eigenvalue weighted by atomic mass is 127. The van der Waals surface area contributed by atoms with Crippen LogP contribution in [0.3, 0.4) is 0 Å². The van der Waals surface area contributed by atoms with Crippen LogP contribution in [-0.2, 0) is 4.79 Å². The number of rotatable bonds is 4. The van der Waals surface area contributed by atoms with Crippen LogP contribution in [0.25, 0.3) is 0 Å². The number of hydrogen-bond acceptors (Lipinski definition) is 2. The monoisotopic (exact) mass is 305 g/mol. The SMILES string of the molecule is CNC(=O)CCOc1cccc(I)c1. The molecule has 0 fully saturated rings. The van der Waals surface area contributed by atoms with Gasteiger partial charge in [0.15, 0.2) is 0 Å². The number of carbonyl (C=O) groups excluding carboxylic acids is 1. The number of carbonyl (C=O) groups is 1.